The van der Waals surface area contributed by atoms with Crippen LogP contribution in [-0.4, -0.2) is 36.4 Å². The maximum Gasteiger partial charge on any atom is 0.305 e. The van der Waals surface area contributed by atoms with Crippen LogP contribution < -0.4 is 5.32 Å². The molecule has 126 valence electrons. The van der Waals surface area contributed by atoms with Crippen LogP contribution in [0.15, 0.2) is 48.5 Å². The molecule has 2 aromatic rings. The predicted octanol–water partition coefficient (Wildman–Crippen LogP) is 2.77. The molecule has 0 heterocycles. The van der Waals surface area contributed by atoms with Gasteiger partial charge in [-0.05, 0) is 31.8 Å². The molecule has 0 spiro atoms. The molecule has 7 heteroatoms. The first kappa shape index (κ1) is 17.6. The van der Waals surface area contributed by atoms with E-state index in [0.717, 1.165) is 17.7 Å². The molecule has 1 N–H and O–H groups in total. The van der Waals surface area contributed by atoms with Crippen molar-refractivity contribution in [1.29, 1.82) is 0 Å². The number of nitro benzene ring substituents is 1. The van der Waals surface area contributed by atoms with Crippen molar-refractivity contribution in [3.63, 3.8) is 0 Å². The van der Waals surface area contributed by atoms with Crippen molar-refractivity contribution in [3.05, 3.63) is 75.6 Å². The molecule has 2 rings (SSSR count). The Labute approximate surface area is 139 Å². The van der Waals surface area contributed by atoms with Gasteiger partial charge in [0.15, 0.2) is 0 Å². The number of nitrogens with zero attached hydrogens (tertiary/aromatic N) is 2. The van der Waals surface area contributed by atoms with Gasteiger partial charge in [0.25, 0.3) is 5.91 Å². The molecular formula is C17H18FN3O3. The lowest BCUT2D eigenvalue weighted by molar-refractivity contribution is -0.387. The number of hydrogen-bond acceptors (Lipinski definition) is 4. The third-order valence-electron chi connectivity index (χ3n) is 3.46. The Kier molecular flexibility index (Phi) is 5.59. The quantitative estimate of drug-likeness (QED) is 0.652. The van der Waals surface area contributed by atoms with E-state index in [0.29, 0.717) is 6.54 Å². The highest BCUT2D eigenvalue weighted by Crippen LogP contribution is 2.20. The number of carbonyl (C=O) groups excluding carboxylic acids is 1. The van der Waals surface area contributed by atoms with Crippen LogP contribution in [0.25, 0.3) is 0 Å². The van der Waals surface area contributed by atoms with Crippen molar-refractivity contribution in [2.75, 3.05) is 20.6 Å². The molecule has 0 bridgehead atoms. The van der Waals surface area contributed by atoms with Crippen LogP contribution in [-0.2, 0) is 0 Å². The maximum atomic E-state index is 13.4. The molecule has 0 fully saturated rings. The summed E-state index contributed by atoms with van der Waals surface area (Å²) >= 11 is 0. The summed E-state index contributed by atoms with van der Waals surface area (Å²) in [6.45, 7) is 0.555. The molecule has 0 saturated heterocycles. The van der Waals surface area contributed by atoms with Crippen LogP contribution in [0.5, 0.6) is 0 Å². The van der Waals surface area contributed by atoms with Crippen molar-refractivity contribution >= 4 is 11.6 Å². The normalized spacial score (nSPS) is 12.0. The largest absolute Gasteiger partial charge is 0.344 e. The lowest BCUT2D eigenvalue weighted by atomic mass is 10.1. The predicted molar refractivity (Wildman–Crippen MR) is 88.3 cm³/mol. The van der Waals surface area contributed by atoms with Gasteiger partial charge in [-0.3, -0.25) is 14.9 Å². The van der Waals surface area contributed by atoms with E-state index in [2.05, 4.69) is 5.32 Å². The second-order valence-corrected chi connectivity index (χ2v) is 5.62. The van der Waals surface area contributed by atoms with Crippen LogP contribution in [0.1, 0.15) is 22.0 Å². The second kappa shape index (κ2) is 7.65. The molecule has 0 aliphatic heterocycles. The summed E-state index contributed by atoms with van der Waals surface area (Å²) in [5, 5.41) is 13.7. The minimum Gasteiger partial charge on any atom is -0.344 e. The van der Waals surface area contributed by atoms with Gasteiger partial charge < -0.3 is 10.2 Å². The highest BCUT2D eigenvalue weighted by atomic mass is 19.1. The first-order valence-electron chi connectivity index (χ1n) is 7.33. The number of nitro groups is 1. The van der Waals surface area contributed by atoms with E-state index in [1.165, 1.54) is 6.07 Å². The smallest absolute Gasteiger partial charge is 0.305 e. The monoisotopic (exact) mass is 331 g/mol. The van der Waals surface area contributed by atoms with Crippen molar-refractivity contribution in [2.45, 2.75) is 6.04 Å². The van der Waals surface area contributed by atoms with Gasteiger partial charge in [0, 0.05) is 18.2 Å². The third-order valence-corrected chi connectivity index (χ3v) is 3.46. The molecular weight excluding hydrogens is 313 g/mol. The van der Waals surface area contributed by atoms with Gasteiger partial charge in [0.05, 0.1) is 11.0 Å². The summed E-state index contributed by atoms with van der Waals surface area (Å²) in [7, 11) is 3.76. The summed E-state index contributed by atoms with van der Waals surface area (Å²) in [5.74, 6) is -1.46. The Morgan fingerprint density at radius 1 is 1.25 bits per heavy atom. The summed E-state index contributed by atoms with van der Waals surface area (Å²) < 4.78 is 13.4. The van der Waals surface area contributed by atoms with Gasteiger partial charge in [-0.25, -0.2) is 0 Å². The standard InChI is InChI=1S/C17H18FN3O3/c1-20(2)11-15(12-6-4-3-5-7-12)19-17(22)13-8-9-14(18)16(10-13)21(23)24/h3-10,15H,11H2,1-2H3,(H,19,22)/t15-/m0/s1. The minimum atomic E-state index is -0.968. The molecule has 0 aromatic heterocycles. The first-order valence-corrected chi connectivity index (χ1v) is 7.33. The van der Waals surface area contributed by atoms with Crippen LogP contribution in [0, 0.1) is 15.9 Å². The van der Waals surface area contributed by atoms with E-state index >= 15 is 0 Å². The van der Waals surface area contributed by atoms with E-state index in [9.17, 15) is 19.3 Å². The minimum absolute atomic E-state index is 0.0442. The highest BCUT2D eigenvalue weighted by molar-refractivity contribution is 5.95. The number of halogens is 1. The van der Waals surface area contributed by atoms with E-state index in [-0.39, 0.29) is 11.6 Å². The fourth-order valence-corrected chi connectivity index (χ4v) is 2.32. The Morgan fingerprint density at radius 3 is 2.50 bits per heavy atom. The van der Waals surface area contributed by atoms with Crippen LogP contribution in [0.2, 0.25) is 0 Å². The number of nitrogens with one attached hydrogen (secondary N) is 1. The molecule has 0 unspecified atom stereocenters. The molecule has 0 radical (unpaired) electrons. The topological polar surface area (TPSA) is 75.5 Å². The van der Waals surface area contributed by atoms with Crippen LogP contribution >= 0.6 is 0 Å². The highest BCUT2D eigenvalue weighted by Gasteiger charge is 2.20. The molecule has 1 amide bonds. The SMILES string of the molecule is CN(C)C[C@H](NC(=O)c1ccc(F)c([N+](=O)[O-])c1)c1ccccc1. The average molecular weight is 331 g/mol. The van der Waals surface area contributed by atoms with E-state index < -0.39 is 22.3 Å². The zero-order valence-electron chi connectivity index (χ0n) is 13.4. The van der Waals surface area contributed by atoms with Crippen LogP contribution in [0.4, 0.5) is 10.1 Å². The molecule has 0 aliphatic carbocycles. The zero-order chi connectivity index (χ0) is 17.7. The number of likely N-dealkylation sites (N-methyl/N-ethyl adjacent to an activating group) is 1. The van der Waals surface area contributed by atoms with Crippen molar-refractivity contribution in [3.8, 4) is 0 Å². The Hall–Kier alpha value is -2.80. The van der Waals surface area contributed by atoms with Gasteiger partial charge in [-0.2, -0.15) is 4.39 Å². The number of rotatable bonds is 6. The van der Waals surface area contributed by atoms with Gasteiger partial charge >= 0.3 is 5.69 Å². The van der Waals surface area contributed by atoms with E-state index in [1.54, 1.807) is 0 Å². The number of benzene rings is 2. The van der Waals surface area contributed by atoms with E-state index in [4.69, 9.17) is 0 Å². The Morgan fingerprint density at radius 2 is 1.92 bits per heavy atom. The molecule has 0 aliphatic rings. The number of hydrogen-bond donors (Lipinski definition) is 1. The maximum absolute atomic E-state index is 13.4. The fourth-order valence-electron chi connectivity index (χ4n) is 2.32. The summed E-state index contributed by atoms with van der Waals surface area (Å²) in [4.78, 5) is 24.3. The fraction of sp³-hybridized carbons (Fsp3) is 0.235. The van der Waals surface area contributed by atoms with Crippen molar-refractivity contribution in [2.24, 2.45) is 0 Å². The Bertz CT molecular complexity index is 735. The third kappa shape index (κ3) is 4.36. The summed E-state index contributed by atoms with van der Waals surface area (Å²) in [5.41, 5.74) is 0.241. The molecule has 1 atom stereocenters. The molecule has 24 heavy (non-hydrogen) atoms. The van der Waals surface area contributed by atoms with Crippen LogP contribution in [0.3, 0.4) is 0 Å². The lowest BCUT2D eigenvalue weighted by Gasteiger charge is -2.23. The lowest BCUT2D eigenvalue weighted by Crippen LogP contribution is -2.35. The molecule has 2 aromatic carbocycles. The van der Waals surface area contributed by atoms with Gasteiger partial charge in [-0.15, -0.1) is 0 Å². The van der Waals surface area contributed by atoms with Gasteiger partial charge in [-0.1, -0.05) is 30.3 Å². The number of carbonyl (C=O) groups is 1. The van der Waals surface area contributed by atoms with Gasteiger partial charge in [0.2, 0.25) is 5.82 Å². The molecule has 6 nitrogen and oxygen atoms in total. The Balaban J connectivity index is 2.25. The molecule has 0 saturated carbocycles. The summed E-state index contributed by atoms with van der Waals surface area (Å²) in [6, 6.07) is 12.2. The van der Waals surface area contributed by atoms with Gasteiger partial charge in [0.1, 0.15) is 0 Å². The first-order chi connectivity index (χ1) is 11.4. The zero-order valence-corrected chi connectivity index (χ0v) is 13.4. The van der Waals surface area contributed by atoms with Crippen molar-refractivity contribution in [1.82, 2.24) is 10.2 Å². The van der Waals surface area contributed by atoms with E-state index in [1.807, 2.05) is 49.3 Å². The average Bonchev–Trinajstić information content (AvgIpc) is 2.54. The summed E-state index contributed by atoms with van der Waals surface area (Å²) in [6.07, 6.45) is 0. The number of amides is 1. The second-order valence-electron chi connectivity index (χ2n) is 5.62. The van der Waals surface area contributed by atoms with Crippen molar-refractivity contribution < 1.29 is 14.1 Å².